The zero-order chi connectivity index (χ0) is 16.9. The summed E-state index contributed by atoms with van der Waals surface area (Å²) in [5.41, 5.74) is 2.43. The van der Waals surface area contributed by atoms with Gasteiger partial charge in [0.05, 0.1) is 6.04 Å². The number of phenols is 1. The first-order valence-electron chi connectivity index (χ1n) is 7.97. The lowest BCUT2D eigenvalue weighted by molar-refractivity contribution is -0.125. The van der Waals surface area contributed by atoms with E-state index in [9.17, 15) is 14.7 Å². The van der Waals surface area contributed by atoms with Crippen molar-refractivity contribution < 1.29 is 19.4 Å². The Morgan fingerprint density at radius 1 is 1.12 bits per heavy atom. The van der Waals surface area contributed by atoms with Crippen molar-refractivity contribution in [2.45, 2.75) is 25.3 Å². The van der Waals surface area contributed by atoms with E-state index in [-0.39, 0.29) is 29.9 Å². The molecule has 0 heterocycles. The SMILES string of the molecule is O=C(COC(=O)c1ccccc1O)N[C@H]1CCCc2ccccc21. The van der Waals surface area contributed by atoms with Crippen LogP contribution in [0.25, 0.3) is 0 Å². The number of carbonyl (C=O) groups excluding carboxylic acids is 2. The summed E-state index contributed by atoms with van der Waals surface area (Å²) in [4.78, 5) is 24.0. The summed E-state index contributed by atoms with van der Waals surface area (Å²) in [6.07, 6.45) is 2.90. The summed E-state index contributed by atoms with van der Waals surface area (Å²) in [5, 5.41) is 12.5. The van der Waals surface area contributed by atoms with Gasteiger partial charge in [0.15, 0.2) is 6.61 Å². The fraction of sp³-hybridized carbons (Fsp3) is 0.263. The molecule has 0 spiro atoms. The number of nitrogens with one attached hydrogen (secondary N) is 1. The molecule has 1 atom stereocenters. The zero-order valence-electron chi connectivity index (χ0n) is 13.2. The van der Waals surface area contributed by atoms with Crippen LogP contribution in [0.2, 0.25) is 0 Å². The van der Waals surface area contributed by atoms with Crippen molar-refractivity contribution in [2.75, 3.05) is 6.61 Å². The number of benzene rings is 2. The van der Waals surface area contributed by atoms with Gasteiger partial charge in [-0.3, -0.25) is 4.79 Å². The molecule has 0 aromatic heterocycles. The fourth-order valence-corrected chi connectivity index (χ4v) is 2.99. The molecule has 2 aromatic carbocycles. The number of aryl methyl sites for hydroxylation is 1. The Hall–Kier alpha value is -2.82. The highest BCUT2D eigenvalue weighted by Crippen LogP contribution is 2.29. The Morgan fingerprint density at radius 2 is 1.88 bits per heavy atom. The van der Waals surface area contributed by atoms with Crippen LogP contribution in [0, 0.1) is 0 Å². The van der Waals surface area contributed by atoms with Crippen molar-refractivity contribution in [1.82, 2.24) is 5.32 Å². The number of aromatic hydroxyl groups is 1. The summed E-state index contributed by atoms with van der Waals surface area (Å²) in [6.45, 7) is -0.369. The van der Waals surface area contributed by atoms with Crippen molar-refractivity contribution in [3.8, 4) is 5.75 Å². The molecule has 2 N–H and O–H groups in total. The van der Waals surface area contributed by atoms with Crippen LogP contribution in [-0.4, -0.2) is 23.6 Å². The summed E-state index contributed by atoms with van der Waals surface area (Å²) in [6, 6.07) is 14.1. The standard InChI is InChI=1S/C19H19NO4/c21-17-11-4-3-9-15(17)19(23)24-12-18(22)20-16-10-5-7-13-6-1-2-8-14(13)16/h1-4,6,8-9,11,16,21H,5,7,10,12H2,(H,20,22)/t16-/m0/s1. The van der Waals surface area contributed by atoms with Crippen LogP contribution in [0.5, 0.6) is 5.75 Å². The smallest absolute Gasteiger partial charge is 0.342 e. The Balaban J connectivity index is 1.57. The van der Waals surface area contributed by atoms with Crippen molar-refractivity contribution >= 4 is 11.9 Å². The molecule has 1 aliphatic rings. The van der Waals surface area contributed by atoms with Gasteiger partial charge in [-0.05, 0) is 42.5 Å². The van der Waals surface area contributed by atoms with Gasteiger partial charge in [-0.2, -0.15) is 0 Å². The van der Waals surface area contributed by atoms with Crippen LogP contribution in [0.3, 0.4) is 0 Å². The normalized spacial score (nSPS) is 16.1. The number of rotatable bonds is 4. The summed E-state index contributed by atoms with van der Waals surface area (Å²) in [7, 11) is 0. The van der Waals surface area contributed by atoms with E-state index in [0.29, 0.717) is 0 Å². The van der Waals surface area contributed by atoms with Crippen LogP contribution in [0.1, 0.15) is 40.4 Å². The molecule has 5 heteroatoms. The van der Waals surface area contributed by atoms with Crippen molar-refractivity contribution in [3.63, 3.8) is 0 Å². The minimum absolute atomic E-state index is 0.0494. The summed E-state index contributed by atoms with van der Waals surface area (Å²) < 4.78 is 4.99. The number of hydrogen-bond donors (Lipinski definition) is 2. The minimum Gasteiger partial charge on any atom is -0.507 e. The maximum atomic E-state index is 12.1. The number of ether oxygens (including phenoxy) is 1. The second kappa shape index (κ2) is 7.17. The van der Waals surface area contributed by atoms with Crippen molar-refractivity contribution in [2.24, 2.45) is 0 Å². The average Bonchev–Trinajstić information content (AvgIpc) is 2.60. The quantitative estimate of drug-likeness (QED) is 0.848. The molecule has 0 bridgehead atoms. The highest BCUT2D eigenvalue weighted by Gasteiger charge is 2.22. The summed E-state index contributed by atoms with van der Waals surface area (Å²) >= 11 is 0. The number of esters is 1. The first kappa shape index (κ1) is 16.1. The van der Waals surface area contributed by atoms with Gasteiger partial charge in [0.25, 0.3) is 5.91 Å². The van der Waals surface area contributed by atoms with E-state index in [1.165, 1.54) is 17.7 Å². The summed E-state index contributed by atoms with van der Waals surface area (Å²) in [5.74, 6) is -1.23. The first-order valence-corrected chi connectivity index (χ1v) is 7.97. The van der Waals surface area contributed by atoms with Crippen LogP contribution in [-0.2, 0) is 16.0 Å². The lowest BCUT2D eigenvalue weighted by atomic mass is 9.88. The lowest BCUT2D eigenvalue weighted by Crippen LogP contribution is -2.34. The third-order valence-electron chi connectivity index (χ3n) is 4.16. The number of carbonyl (C=O) groups is 2. The number of fused-ring (bicyclic) bond motifs is 1. The van der Waals surface area contributed by atoms with E-state index in [1.807, 2.05) is 18.2 Å². The molecule has 124 valence electrons. The van der Waals surface area contributed by atoms with Crippen LogP contribution in [0.4, 0.5) is 0 Å². The number of phenolic OH excluding ortho intramolecular Hbond substituents is 1. The van der Waals surface area contributed by atoms with E-state index >= 15 is 0 Å². The van der Waals surface area contributed by atoms with Gasteiger partial charge in [-0.25, -0.2) is 4.79 Å². The Morgan fingerprint density at radius 3 is 2.71 bits per heavy atom. The molecule has 0 unspecified atom stereocenters. The number of hydrogen-bond acceptors (Lipinski definition) is 4. The molecule has 0 saturated carbocycles. The van der Waals surface area contributed by atoms with E-state index in [2.05, 4.69) is 11.4 Å². The molecule has 0 radical (unpaired) electrons. The van der Waals surface area contributed by atoms with Crippen molar-refractivity contribution in [1.29, 1.82) is 0 Å². The minimum atomic E-state index is -0.715. The van der Waals surface area contributed by atoms with Crippen molar-refractivity contribution in [3.05, 3.63) is 65.2 Å². The molecule has 2 aromatic rings. The molecular weight excluding hydrogens is 306 g/mol. The Labute approximate surface area is 140 Å². The predicted molar refractivity (Wildman–Crippen MR) is 88.7 cm³/mol. The molecule has 0 fully saturated rings. The maximum absolute atomic E-state index is 12.1. The molecule has 3 rings (SSSR count). The van der Waals surface area contributed by atoms with Gasteiger partial charge in [0.2, 0.25) is 0 Å². The topological polar surface area (TPSA) is 75.6 Å². The second-order valence-electron chi connectivity index (χ2n) is 5.80. The number of para-hydroxylation sites is 1. The lowest BCUT2D eigenvalue weighted by Gasteiger charge is -2.26. The molecule has 1 amide bonds. The zero-order valence-corrected chi connectivity index (χ0v) is 13.2. The molecule has 24 heavy (non-hydrogen) atoms. The second-order valence-corrected chi connectivity index (χ2v) is 5.80. The third-order valence-corrected chi connectivity index (χ3v) is 4.16. The van der Waals surface area contributed by atoms with Crippen LogP contribution in [0.15, 0.2) is 48.5 Å². The van der Waals surface area contributed by atoms with E-state index in [0.717, 1.165) is 24.8 Å². The van der Waals surface area contributed by atoms with Crippen LogP contribution >= 0.6 is 0 Å². The van der Waals surface area contributed by atoms with E-state index in [1.54, 1.807) is 12.1 Å². The van der Waals surface area contributed by atoms with E-state index in [4.69, 9.17) is 4.74 Å². The Kier molecular flexibility index (Phi) is 4.79. The third kappa shape index (κ3) is 3.56. The predicted octanol–water partition coefficient (Wildman–Crippen LogP) is 2.74. The first-order chi connectivity index (χ1) is 11.6. The Bertz CT molecular complexity index is 757. The molecule has 0 saturated heterocycles. The number of amides is 1. The average molecular weight is 325 g/mol. The highest BCUT2D eigenvalue weighted by molar-refractivity contribution is 5.93. The molecule has 1 aliphatic carbocycles. The van der Waals surface area contributed by atoms with E-state index < -0.39 is 5.97 Å². The maximum Gasteiger partial charge on any atom is 0.342 e. The molecule has 5 nitrogen and oxygen atoms in total. The van der Waals surface area contributed by atoms with Gasteiger partial charge in [-0.1, -0.05) is 36.4 Å². The van der Waals surface area contributed by atoms with Gasteiger partial charge in [0, 0.05) is 0 Å². The molecule has 0 aliphatic heterocycles. The fourth-order valence-electron chi connectivity index (χ4n) is 2.99. The highest BCUT2D eigenvalue weighted by atomic mass is 16.5. The molecular formula is C19H19NO4. The van der Waals surface area contributed by atoms with Gasteiger partial charge < -0.3 is 15.2 Å². The monoisotopic (exact) mass is 325 g/mol. The van der Waals surface area contributed by atoms with Gasteiger partial charge in [-0.15, -0.1) is 0 Å². The van der Waals surface area contributed by atoms with Crippen LogP contribution < -0.4 is 5.32 Å². The largest absolute Gasteiger partial charge is 0.507 e. The van der Waals surface area contributed by atoms with Gasteiger partial charge in [0.1, 0.15) is 11.3 Å². The van der Waals surface area contributed by atoms with Gasteiger partial charge >= 0.3 is 5.97 Å².